The molecule has 1 aliphatic heterocycles. The number of carbonyl (C=O) groups is 1. The van der Waals surface area contributed by atoms with Crippen molar-refractivity contribution >= 4 is 55.1 Å². The fourth-order valence-electron chi connectivity index (χ4n) is 5.32. The van der Waals surface area contributed by atoms with Gasteiger partial charge in [0.1, 0.15) is 12.1 Å². The highest BCUT2D eigenvalue weighted by atomic mass is 32.1. The Labute approximate surface area is 266 Å². The summed E-state index contributed by atoms with van der Waals surface area (Å²) >= 11 is 1.41. The fraction of sp³-hybridized carbons (Fsp3) is 0.333. The number of ether oxygens (including phenoxy) is 2. The van der Waals surface area contributed by atoms with Gasteiger partial charge >= 0.3 is 6.03 Å². The molecule has 1 fully saturated rings. The maximum Gasteiger partial charge on any atom is 0.321 e. The molecule has 0 radical (unpaired) electrons. The SMILES string of the molecule is COc1cc2c(Nc3ccc4nc(NC(=O)NCc5cccc(C)c5)sc4c3)ncnc2cc1OCCCN1CCN(C)CC1. The highest BCUT2D eigenvalue weighted by Crippen LogP contribution is 2.36. The highest BCUT2D eigenvalue weighted by Gasteiger charge is 2.15. The van der Waals surface area contributed by atoms with E-state index in [1.54, 1.807) is 7.11 Å². The van der Waals surface area contributed by atoms with Gasteiger partial charge in [0.2, 0.25) is 0 Å². The van der Waals surface area contributed by atoms with Gasteiger partial charge in [-0.05, 0) is 50.2 Å². The molecule has 5 aromatic rings. The zero-order chi connectivity index (χ0) is 31.2. The van der Waals surface area contributed by atoms with Gasteiger partial charge in [0, 0.05) is 56.4 Å². The number of urea groups is 1. The second-order valence-electron chi connectivity index (χ2n) is 11.2. The van der Waals surface area contributed by atoms with E-state index in [1.807, 2.05) is 61.5 Å². The van der Waals surface area contributed by atoms with Crippen molar-refractivity contribution in [3.8, 4) is 11.5 Å². The number of benzene rings is 3. The van der Waals surface area contributed by atoms with Crippen molar-refractivity contribution in [2.75, 3.05) is 64.1 Å². The Hall–Kier alpha value is -4.52. The van der Waals surface area contributed by atoms with Gasteiger partial charge in [-0.2, -0.15) is 0 Å². The van der Waals surface area contributed by atoms with E-state index in [-0.39, 0.29) is 6.03 Å². The molecule has 0 saturated carbocycles. The van der Waals surface area contributed by atoms with Gasteiger partial charge in [0.25, 0.3) is 0 Å². The number of rotatable bonds is 11. The van der Waals surface area contributed by atoms with Crippen LogP contribution in [0.25, 0.3) is 21.1 Å². The molecule has 1 aliphatic rings. The Kier molecular flexibility index (Phi) is 9.53. The van der Waals surface area contributed by atoms with Gasteiger partial charge in [-0.25, -0.2) is 19.7 Å². The fourth-order valence-corrected chi connectivity index (χ4v) is 6.22. The lowest BCUT2D eigenvalue weighted by molar-refractivity contribution is 0.145. The number of aryl methyl sites for hydroxylation is 1. The van der Waals surface area contributed by atoms with Crippen LogP contribution in [0.4, 0.5) is 21.4 Å². The average molecular weight is 627 g/mol. The molecule has 0 atom stereocenters. The van der Waals surface area contributed by atoms with Crippen molar-refractivity contribution in [2.24, 2.45) is 0 Å². The van der Waals surface area contributed by atoms with E-state index < -0.39 is 0 Å². The molecule has 12 heteroatoms. The summed E-state index contributed by atoms with van der Waals surface area (Å²) in [5.74, 6) is 1.95. The smallest absolute Gasteiger partial charge is 0.321 e. The van der Waals surface area contributed by atoms with Gasteiger partial charge in [-0.15, -0.1) is 0 Å². The van der Waals surface area contributed by atoms with Crippen molar-refractivity contribution in [3.63, 3.8) is 0 Å². The first-order chi connectivity index (χ1) is 21.9. The molecule has 0 bridgehead atoms. The highest BCUT2D eigenvalue weighted by molar-refractivity contribution is 7.22. The second-order valence-corrected chi connectivity index (χ2v) is 12.2. The Morgan fingerprint density at radius 2 is 1.87 bits per heavy atom. The Morgan fingerprint density at radius 1 is 1.00 bits per heavy atom. The number of hydrogen-bond acceptors (Lipinski definition) is 10. The topological polar surface area (TPSA) is 117 Å². The van der Waals surface area contributed by atoms with Gasteiger partial charge in [0.05, 0.1) is 29.5 Å². The number of likely N-dealkylation sites (N-methyl/N-ethyl adjacent to an activating group) is 1. The molecule has 234 valence electrons. The number of thiazole rings is 1. The Balaban J connectivity index is 1.09. The molecule has 45 heavy (non-hydrogen) atoms. The summed E-state index contributed by atoms with van der Waals surface area (Å²) in [7, 11) is 3.81. The summed E-state index contributed by atoms with van der Waals surface area (Å²) in [5, 5.41) is 10.5. The maximum absolute atomic E-state index is 12.5. The number of amides is 2. The predicted molar refractivity (Wildman–Crippen MR) is 180 cm³/mol. The lowest BCUT2D eigenvalue weighted by Crippen LogP contribution is -2.44. The molecular weight excluding hydrogens is 588 g/mol. The summed E-state index contributed by atoms with van der Waals surface area (Å²) in [4.78, 5) is 30.9. The third-order valence-electron chi connectivity index (χ3n) is 7.80. The van der Waals surface area contributed by atoms with Crippen LogP contribution in [-0.2, 0) is 6.54 Å². The van der Waals surface area contributed by atoms with Crippen LogP contribution in [0.15, 0.2) is 60.9 Å². The van der Waals surface area contributed by atoms with Crippen LogP contribution in [0.2, 0.25) is 0 Å². The lowest BCUT2D eigenvalue weighted by atomic mass is 10.1. The molecule has 2 aromatic heterocycles. The molecule has 3 aromatic carbocycles. The van der Waals surface area contributed by atoms with Crippen LogP contribution in [0.3, 0.4) is 0 Å². The molecule has 11 nitrogen and oxygen atoms in total. The molecule has 0 spiro atoms. The van der Waals surface area contributed by atoms with E-state index in [1.165, 1.54) is 17.7 Å². The number of hydrogen-bond donors (Lipinski definition) is 3. The van der Waals surface area contributed by atoms with Gasteiger partial charge in [-0.1, -0.05) is 41.2 Å². The van der Waals surface area contributed by atoms with Gasteiger partial charge < -0.3 is 29.9 Å². The van der Waals surface area contributed by atoms with Gasteiger partial charge in [-0.3, -0.25) is 5.32 Å². The third kappa shape index (κ3) is 7.77. The number of anilines is 3. The summed E-state index contributed by atoms with van der Waals surface area (Å²) < 4.78 is 12.8. The van der Waals surface area contributed by atoms with Crippen LogP contribution in [0.5, 0.6) is 11.5 Å². The van der Waals surface area contributed by atoms with E-state index in [2.05, 4.69) is 47.7 Å². The summed E-state index contributed by atoms with van der Waals surface area (Å²) in [6.45, 7) is 8.51. The Bertz CT molecular complexity index is 1790. The van der Waals surface area contributed by atoms with Gasteiger partial charge in [0.15, 0.2) is 16.6 Å². The first kappa shape index (κ1) is 30.5. The van der Waals surface area contributed by atoms with Crippen molar-refractivity contribution in [1.29, 1.82) is 0 Å². The molecule has 0 unspecified atom stereocenters. The molecule has 3 N–H and O–H groups in total. The zero-order valence-electron chi connectivity index (χ0n) is 25.8. The number of aromatic nitrogens is 3. The Morgan fingerprint density at radius 3 is 2.69 bits per heavy atom. The number of methoxy groups -OCH3 is 1. The molecule has 6 rings (SSSR count). The minimum Gasteiger partial charge on any atom is -0.493 e. The number of piperazine rings is 1. The first-order valence-corrected chi connectivity index (χ1v) is 15.9. The quantitative estimate of drug-likeness (QED) is 0.160. The van der Waals surface area contributed by atoms with E-state index in [4.69, 9.17) is 9.47 Å². The average Bonchev–Trinajstić information content (AvgIpc) is 3.44. The van der Waals surface area contributed by atoms with Crippen LogP contribution >= 0.6 is 11.3 Å². The van der Waals surface area contributed by atoms with E-state index in [0.717, 1.165) is 77.1 Å². The molecule has 0 aliphatic carbocycles. The summed E-state index contributed by atoms with van der Waals surface area (Å²) in [6, 6.07) is 17.4. The number of nitrogens with one attached hydrogen (secondary N) is 3. The number of nitrogens with zero attached hydrogens (tertiary/aromatic N) is 5. The standard InChI is InChI=1S/C33H38N8O3S/c1-22-6-4-7-23(16-22)20-34-32(42)39-33-38-26-9-8-24(17-30(26)45-33)37-31-25-18-28(43-3)29(19-27(25)35-21-36-31)44-15-5-10-41-13-11-40(2)12-14-41/h4,6-9,16-19,21H,5,10-15,20H2,1-3H3,(H,35,36,37)(H2,34,38,39,42). The third-order valence-corrected chi connectivity index (χ3v) is 8.73. The van der Waals surface area contributed by atoms with Crippen molar-refractivity contribution in [2.45, 2.75) is 19.9 Å². The predicted octanol–water partition coefficient (Wildman–Crippen LogP) is 5.64. The van der Waals surface area contributed by atoms with Crippen LogP contribution in [0.1, 0.15) is 17.5 Å². The van der Waals surface area contributed by atoms with Crippen LogP contribution < -0.4 is 25.4 Å². The van der Waals surface area contributed by atoms with Crippen molar-refractivity contribution in [1.82, 2.24) is 30.1 Å². The lowest BCUT2D eigenvalue weighted by Gasteiger charge is -2.32. The molecule has 2 amide bonds. The monoisotopic (exact) mass is 626 g/mol. The summed E-state index contributed by atoms with van der Waals surface area (Å²) in [6.07, 6.45) is 2.48. The van der Waals surface area contributed by atoms with Crippen molar-refractivity contribution in [3.05, 3.63) is 72.1 Å². The van der Waals surface area contributed by atoms with Crippen molar-refractivity contribution < 1.29 is 14.3 Å². The number of fused-ring (bicyclic) bond motifs is 2. The zero-order valence-corrected chi connectivity index (χ0v) is 26.6. The minimum atomic E-state index is -0.298. The molecule has 1 saturated heterocycles. The summed E-state index contributed by atoms with van der Waals surface area (Å²) in [5.41, 5.74) is 4.58. The van der Waals surface area contributed by atoms with E-state index >= 15 is 0 Å². The van der Waals surface area contributed by atoms with E-state index in [9.17, 15) is 4.79 Å². The maximum atomic E-state index is 12.5. The minimum absolute atomic E-state index is 0.298. The largest absolute Gasteiger partial charge is 0.493 e. The first-order valence-electron chi connectivity index (χ1n) is 15.1. The normalized spacial score (nSPS) is 14.0. The van der Waals surface area contributed by atoms with Crippen LogP contribution in [0, 0.1) is 6.92 Å². The second kappa shape index (κ2) is 14.1. The van der Waals surface area contributed by atoms with Crippen LogP contribution in [-0.4, -0.2) is 84.3 Å². The number of carbonyl (C=O) groups excluding carboxylic acids is 1. The molecular formula is C33H38N8O3S. The molecule has 3 heterocycles. The van der Waals surface area contributed by atoms with E-state index in [0.29, 0.717) is 35.6 Å².